The minimum absolute atomic E-state index is 0.190. The number of urea groups is 1. The topological polar surface area (TPSA) is 103 Å². The second-order valence-corrected chi connectivity index (χ2v) is 7.58. The van der Waals surface area contributed by atoms with Crippen molar-refractivity contribution in [3.63, 3.8) is 0 Å². The molecule has 2 N–H and O–H groups in total. The predicted octanol–water partition coefficient (Wildman–Crippen LogP) is 2.49. The van der Waals surface area contributed by atoms with Crippen LogP contribution < -0.4 is 20.4 Å². The maximum absolute atomic E-state index is 13.1. The molecule has 0 aliphatic carbocycles. The maximum Gasteiger partial charge on any atom is 0.408 e. The molecule has 9 nitrogen and oxygen atoms in total. The first-order chi connectivity index (χ1) is 14.6. The molecular weight excluding hydrogens is 415 g/mol. The van der Waals surface area contributed by atoms with Crippen LogP contribution in [0.2, 0.25) is 0 Å². The normalized spacial score (nSPS) is 18.4. The maximum atomic E-state index is 13.1. The third-order valence-corrected chi connectivity index (χ3v) is 5.27. The van der Waals surface area contributed by atoms with Gasteiger partial charge in [-0.05, 0) is 44.0 Å². The van der Waals surface area contributed by atoms with E-state index in [9.17, 15) is 22.8 Å². The average Bonchev–Trinajstić information content (AvgIpc) is 3.11. The summed E-state index contributed by atoms with van der Waals surface area (Å²) in [6, 6.07) is 1.90. The molecular formula is C19H20F3N7O2. The van der Waals surface area contributed by atoms with E-state index in [1.807, 2.05) is 17.1 Å². The van der Waals surface area contributed by atoms with Crippen molar-refractivity contribution in [3.8, 4) is 0 Å². The van der Waals surface area contributed by atoms with Crippen LogP contribution in [0.4, 0.5) is 35.3 Å². The van der Waals surface area contributed by atoms with Crippen LogP contribution in [0, 0.1) is 6.92 Å². The van der Waals surface area contributed by atoms with Crippen LogP contribution >= 0.6 is 0 Å². The fourth-order valence-electron chi connectivity index (χ4n) is 3.65. The van der Waals surface area contributed by atoms with Gasteiger partial charge in [-0.1, -0.05) is 0 Å². The molecule has 2 bridgehead atoms. The molecule has 0 unspecified atom stereocenters. The molecule has 0 radical (unpaired) electrons. The van der Waals surface area contributed by atoms with E-state index < -0.39 is 24.2 Å². The number of halogens is 3. The minimum Gasteiger partial charge on any atom is -0.366 e. The summed E-state index contributed by atoms with van der Waals surface area (Å²) in [7, 11) is 0. The van der Waals surface area contributed by atoms with Crippen LogP contribution in [0.5, 0.6) is 0 Å². The SMILES string of the molecule is Cc1cnnc(NC(=O)N2c3nc(C(=O)N[C@H](C)C(F)(F)F)ccc3N3CC[C@H]2C3)c1. The van der Waals surface area contributed by atoms with Crippen molar-refractivity contribution < 1.29 is 22.8 Å². The smallest absolute Gasteiger partial charge is 0.366 e. The summed E-state index contributed by atoms with van der Waals surface area (Å²) >= 11 is 0. The lowest BCUT2D eigenvalue weighted by molar-refractivity contribution is -0.149. The minimum atomic E-state index is -4.57. The van der Waals surface area contributed by atoms with Gasteiger partial charge in [-0.15, -0.1) is 5.10 Å². The number of amides is 3. The molecule has 1 saturated heterocycles. The lowest BCUT2D eigenvalue weighted by Crippen LogP contribution is -2.49. The van der Waals surface area contributed by atoms with Crippen molar-refractivity contribution in [1.29, 1.82) is 0 Å². The number of aromatic nitrogens is 3. The van der Waals surface area contributed by atoms with Gasteiger partial charge < -0.3 is 10.2 Å². The molecule has 164 valence electrons. The summed E-state index contributed by atoms with van der Waals surface area (Å²) in [4.78, 5) is 33.1. The quantitative estimate of drug-likeness (QED) is 0.768. The zero-order valence-electron chi connectivity index (χ0n) is 16.8. The Morgan fingerprint density at radius 2 is 2.06 bits per heavy atom. The third kappa shape index (κ3) is 4.09. The fourth-order valence-corrected chi connectivity index (χ4v) is 3.65. The number of alkyl halides is 3. The number of aryl methyl sites for hydroxylation is 1. The first-order valence-corrected chi connectivity index (χ1v) is 9.66. The fraction of sp³-hybridized carbons (Fsp3) is 0.421. The highest BCUT2D eigenvalue weighted by molar-refractivity contribution is 6.05. The van der Waals surface area contributed by atoms with Crippen LogP contribution in [0.1, 0.15) is 29.4 Å². The Bertz CT molecular complexity index is 1030. The summed E-state index contributed by atoms with van der Waals surface area (Å²) in [5.74, 6) is -0.482. The lowest BCUT2D eigenvalue weighted by atomic mass is 10.1. The average molecular weight is 435 g/mol. The highest BCUT2D eigenvalue weighted by Crippen LogP contribution is 2.39. The molecule has 4 rings (SSSR count). The molecule has 2 aliphatic heterocycles. The molecule has 3 amide bonds. The number of nitrogens with zero attached hydrogens (tertiary/aromatic N) is 5. The molecule has 0 saturated carbocycles. The van der Waals surface area contributed by atoms with E-state index >= 15 is 0 Å². The summed E-state index contributed by atoms with van der Waals surface area (Å²) < 4.78 is 38.4. The van der Waals surface area contributed by atoms with Crippen LogP contribution in [0.3, 0.4) is 0 Å². The van der Waals surface area contributed by atoms with E-state index in [0.717, 1.165) is 12.5 Å². The predicted molar refractivity (Wildman–Crippen MR) is 106 cm³/mol. The van der Waals surface area contributed by atoms with E-state index in [1.165, 1.54) is 11.0 Å². The zero-order chi connectivity index (χ0) is 22.3. The molecule has 2 aromatic heterocycles. The number of rotatable bonds is 3. The Morgan fingerprint density at radius 3 is 2.77 bits per heavy atom. The van der Waals surface area contributed by atoms with E-state index in [1.54, 1.807) is 18.3 Å². The number of hydrogen-bond acceptors (Lipinski definition) is 6. The highest BCUT2D eigenvalue weighted by atomic mass is 19.4. The molecule has 2 aliphatic rings. The number of carbonyl (C=O) groups is 2. The summed E-state index contributed by atoms with van der Waals surface area (Å²) in [6.07, 6.45) is -2.33. The van der Waals surface area contributed by atoms with Gasteiger partial charge >= 0.3 is 12.2 Å². The molecule has 2 aromatic rings. The molecule has 31 heavy (non-hydrogen) atoms. The van der Waals surface area contributed by atoms with Gasteiger partial charge in [-0.3, -0.25) is 15.0 Å². The Balaban J connectivity index is 1.63. The summed E-state index contributed by atoms with van der Waals surface area (Å²) in [6.45, 7) is 3.96. The van der Waals surface area contributed by atoms with Gasteiger partial charge in [-0.25, -0.2) is 9.78 Å². The van der Waals surface area contributed by atoms with Gasteiger partial charge in [0.1, 0.15) is 11.7 Å². The van der Waals surface area contributed by atoms with Gasteiger partial charge in [0.05, 0.1) is 17.9 Å². The lowest BCUT2D eigenvalue weighted by Gasteiger charge is -2.35. The Labute approximate surface area is 175 Å². The van der Waals surface area contributed by atoms with Crippen LogP contribution in [0.15, 0.2) is 24.4 Å². The van der Waals surface area contributed by atoms with E-state index in [4.69, 9.17) is 0 Å². The first kappa shape index (κ1) is 20.8. The Morgan fingerprint density at radius 1 is 1.29 bits per heavy atom. The van der Waals surface area contributed by atoms with Gasteiger partial charge in [0.2, 0.25) is 0 Å². The summed E-state index contributed by atoms with van der Waals surface area (Å²) in [5, 5.41) is 12.3. The molecule has 2 atom stereocenters. The first-order valence-electron chi connectivity index (χ1n) is 9.66. The monoisotopic (exact) mass is 435 g/mol. The van der Waals surface area contributed by atoms with Crippen molar-refractivity contribution in [2.24, 2.45) is 0 Å². The Hall–Kier alpha value is -3.44. The number of nitrogens with one attached hydrogen (secondary N) is 2. The van der Waals surface area contributed by atoms with Gasteiger partial charge in [-0.2, -0.15) is 18.3 Å². The number of fused-ring (bicyclic) bond motifs is 4. The van der Waals surface area contributed by atoms with Crippen molar-refractivity contribution in [2.45, 2.75) is 38.5 Å². The molecule has 12 heteroatoms. The second-order valence-electron chi connectivity index (χ2n) is 7.58. The van der Waals surface area contributed by atoms with Gasteiger partial charge in [0.15, 0.2) is 11.6 Å². The summed E-state index contributed by atoms with van der Waals surface area (Å²) in [5.41, 5.74) is 1.25. The van der Waals surface area contributed by atoms with E-state index in [0.29, 0.717) is 25.2 Å². The van der Waals surface area contributed by atoms with Gasteiger partial charge in [0.25, 0.3) is 5.91 Å². The number of carbonyl (C=O) groups excluding carboxylic acids is 2. The number of pyridine rings is 1. The van der Waals surface area contributed by atoms with Crippen LogP contribution in [-0.2, 0) is 0 Å². The third-order valence-electron chi connectivity index (χ3n) is 5.27. The second kappa shape index (κ2) is 7.67. The van der Waals surface area contributed by atoms with Crippen molar-refractivity contribution in [2.75, 3.05) is 28.2 Å². The largest absolute Gasteiger partial charge is 0.408 e. The van der Waals surface area contributed by atoms with Crippen molar-refractivity contribution >= 4 is 29.3 Å². The molecule has 4 heterocycles. The van der Waals surface area contributed by atoms with Crippen molar-refractivity contribution in [1.82, 2.24) is 20.5 Å². The van der Waals surface area contributed by atoms with E-state index in [-0.39, 0.29) is 23.4 Å². The number of anilines is 3. The van der Waals surface area contributed by atoms with Gasteiger partial charge in [0, 0.05) is 13.1 Å². The Kier molecular flexibility index (Phi) is 5.15. The van der Waals surface area contributed by atoms with E-state index in [2.05, 4.69) is 20.5 Å². The highest BCUT2D eigenvalue weighted by Gasteiger charge is 2.41. The van der Waals surface area contributed by atoms with Crippen molar-refractivity contribution in [3.05, 3.63) is 35.7 Å². The molecule has 0 aromatic carbocycles. The molecule has 1 fully saturated rings. The standard InChI is InChI=1S/C19H20F3N7O2/c1-10-7-15(27-23-8-10)26-18(31)29-12-5-6-28(9-12)14-4-3-13(25-16(14)29)17(30)24-11(2)19(20,21)22/h3-4,7-8,11-12H,5-6,9H2,1-2H3,(H,24,30)(H,26,27,31)/t11-,12+/m1/s1. The zero-order valence-corrected chi connectivity index (χ0v) is 16.8. The molecule has 0 spiro atoms. The number of hydrogen-bond donors (Lipinski definition) is 2. The van der Waals surface area contributed by atoms with Crippen LogP contribution in [0.25, 0.3) is 0 Å². The van der Waals surface area contributed by atoms with Crippen LogP contribution in [-0.4, -0.2) is 58.5 Å².